The molecule has 1 aromatic heterocycles. The van der Waals surface area contributed by atoms with Gasteiger partial charge in [-0.15, -0.1) is 0 Å². The van der Waals surface area contributed by atoms with Crippen molar-refractivity contribution in [3.8, 4) is 23.0 Å². The van der Waals surface area contributed by atoms with Gasteiger partial charge in [-0.2, -0.15) is 0 Å². The van der Waals surface area contributed by atoms with Crippen LogP contribution in [0.15, 0.2) is 46.9 Å². The van der Waals surface area contributed by atoms with Crippen LogP contribution in [0.1, 0.15) is 61.6 Å². The van der Waals surface area contributed by atoms with E-state index in [0.717, 1.165) is 47.3 Å². The summed E-state index contributed by atoms with van der Waals surface area (Å²) in [5.41, 5.74) is 4.92. The van der Waals surface area contributed by atoms with Crippen molar-refractivity contribution in [1.29, 1.82) is 0 Å². The molecule has 0 spiro atoms. The second-order valence-corrected chi connectivity index (χ2v) is 7.95. The molecule has 1 heterocycles. The zero-order valence-electron chi connectivity index (χ0n) is 18.2. The Labute approximate surface area is 179 Å². The summed E-state index contributed by atoms with van der Waals surface area (Å²) in [6, 6.07) is 14.4. The van der Waals surface area contributed by atoms with Crippen LogP contribution in [0.5, 0.6) is 11.5 Å². The lowest BCUT2D eigenvalue weighted by atomic mass is 9.97. The monoisotopic (exact) mass is 405 g/mol. The van der Waals surface area contributed by atoms with Crippen molar-refractivity contribution in [3.63, 3.8) is 0 Å². The largest absolute Gasteiger partial charge is 0.497 e. The number of benzene rings is 2. The molecule has 1 unspecified atom stereocenters. The van der Waals surface area contributed by atoms with E-state index in [1.54, 1.807) is 7.11 Å². The summed E-state index contributed by atoms with van der Waals surface area (Å²) in [5, 5.41) is 0. The summed E-state index contributed by atoms with van der Waals surface area (Å²) < 4.78 is 17.3. The quantitative estimate of drug-likeness (QED) is 0.415. The number of ether oxygens (including phenoxy) is 2. The minimum atomic E-state index is 0.596. The fourth-order valence-corrected chi connectivity index (χ4v) is 4.40. The average molecular weight is 406 g/mol. The Kier molecular flexibility index (Phi) is 6.41. The van der Waals surface area contributed by atoms with E-state index in [4.69, 9.17) is 18.9 Å². The van der Waals surface area contributed by atoms with Crippen molar-refractivity contribution in [2.24, 2.45) is 0 Å². The van der Waals surface area contributed by atoms with E-state index < -0.39 is 0 Å². The molecule has 0 saturated carbocycles. The maximum Gasteiger partial charge on any atom is 0.226 e. The van der Waals surface area contributed by atoms with E-state index in [0.29, 0.717) is 12.5 Å². The summed E-state index contributed by atoms with van der Waals surface area (Å²) in [6.07, 6.45) is 6.54. The van der Waals surface area contributed by atoms with Crippen molar-refractivity contribution >= 4 is 0 Å². The smallest absolute Gasteiger partial charge is 0.226 e. The molecule has 4 heteroatoms. The van der Waals surface area contributed by atoms with Gasteiger partial charge in [0.15, 0.2) is 0 Å². The molecular weight excluding hydrogens is 374 g/mol. The van der Waals surface area contributed by atoms with Crippen molar-refractivity contribution < 1.29 is 13.9 Å². The Morgan fingerprint density at radius 2 is 1.87 bits per heavy atom. The summed E-state index contributed by atoms with van der Waals surface area (Å²) in [7, 11) is 1.66. The highest BCUT2D eigenvalue weighted by Gasteiger charge is 2.22. The molecule has 0 radical (unpaired) electrons. The van der Waals surface area contributed by atoms with Gasteiger partial charge in [-0.1, -0.05) is 26.3 Å². The summed E-state index contributed by atoms with van der Waals surface area (Å²) >= 11 is 0. The van der Waals surface area contributed by atoms with Crippen LogP contribution in [0.3, 0.4) is 0 Å². The van der Waals surface area contributed by atoms with Gasteiger partial charge < -0.3 is 13.9 Å². The van der Waals surface area contributed by atoms with Gasteiger partial charge in [0, 0.05) is 18.4 Å². The third-order valence-corrected chi connectivity index (χ3v) is 6.00. The molecule has 0 amide bonds. The van der Waals surface area contributed by atoms with Crippen LogP contribution >= 0.6 is 0 Å². The van der Waals surface area contributed by atoms with Gasteiger partial charge in [0.1, 0.15) is 17.3 Å². The number of aromatic nitrogens is 1. The van der Waals surface area contributed by atoms with E-state index in [1.165, 1.54) is 36.8 Å². The summed E-state index contributed by atoms with van der Waals surface area (Å²) in [4.78, 5) is 4.74. The molecule has 2 aromatic carbocycles. The number of nitrogens with zero attached hydrogens (tertiary/aromatic N) is 1. The van der Waals surface area contributed by atoms with Gasteiger partial charge in [-0.3, -0.25) is 0 Å². The van der Waals surface area contributed by atoms with Crippen molar-refractivity contribution in [3.05, 3.63) is 65.0 Å². The number of oxazole rings is 1. The third kappa shape index (κ3) is 4.38. The van der Waals surface area contributed by atoms with E-state index in [-0.39, 0.29) is 0 Å². The van der Waals surface area contributed by atoms with Crippen LogP contribution in [0.2, 0.25) is 0 Å². The number of rotatable bonds is 9. The topological polar surface area (TPSA) is 44.5 Å². The van der Waals surface area contributed by atoms with E-state index in [1.807, 2.05) is 24.3 Å². The first kappa shape index (κ1) is 20.5. The molecule has 1 atom stereocenters. The molecule has 4 rings (SSSR count). The molecule has 0 fully saturated rings. The van der Waals surface area contributed by atoms with Crippen LogP contribution < -0.4 is 9.47 Å². The van der Waals surface area contributed by atoms with Crippen LogP contribution in [0, 0.1) is 0 Å². The molecule has 1 aliphatic rings. The van der Waals surface area contributed by atoms with E-state index in [2.05, 4.69) is 32.0 Å². The van der Waals surface area contributed by atoms with Crippen LogP contribution in [-0.4, -0.2) is 18.7 Å². The minimum absolute atomic E-state index is 0.596. The Morgan fingerprint density at radius 3 is 2.60 bits per heavy atom. The number of hydrogen-bond donors (Lipinski definition) is 0. The van der Waals surface area contributed by atoms with Gasteiger partial charge in [0.25, 0.3) is 0 Å². The lowest BCUT2D eigenvalue weighted by Gasteiger charge is -2.11. The van der Waals surface area contributed by atoms with Crippen molar-refractivity contribution in [2.45, 2.75) is 58.3 Å². The van der Waals surface area contributed by atoms with Crippen molar-refractivity contribution in [2.75, 3.05) is 13.7 Å². The average Bonchev–Trinajstić information content (AvgIpc) is 3.38. The summed E-state index contributed by atoms with van der Waals surface area (Å²) in [5.74, 6) is 4.11. The Balaban J connectivity index is 1.40. The predicted octanol–water partition coefficient (Wildman–Crippen LogP) is 6.36. The zero-order valence-corrected chi connectivity index (χ0v) is 18.2. The van der Waals surface area contributed by atoms with Gasteiger partial charge >= 0.3 is 0 Å². The number of methoxy groups -OCH3 is 1. The maximum atomic E-state index is 6.08. The molecular formula is C26H31NO3. The first-order chi connectivity index (χ1) is 14.7. The highest BCUT2D eigenvalue weighted by Crippen LogP contribution is 2.38. The highest BCUT2D eigenvalue weighted by atomic mass is 16.5. The van der Waals surface area contributed by atoms with Gasteiger partial charge in [0.2, 0.25) is 5.89 Å². The molecule has 0 saturated heterocycles. The first-order valence-electron chi connectivity index (χ1n) is 11.1. The van der Waals surface area contributed by atoms with Gasteiger partial charge in [0.05, 0.1) is 19.4 Å². The molecule has 0 N–H and O–H groups in total. The molecule has 4 nitrogen and oxygen atoms in total. The third-order valence-electron chi connectivity index (χ3n) is 6.00. The lowest BCUT2D eigenvalue weighted by molar-refractivity contribution is 0.319. The molecule has 30 heavy (non-hydrogen) atoms. The Hall–Kier alpha value is -2.75. The zero-order chi connectivity index (χ0) is 20.9. The second-order valence-electron chi connectivity index (χ2n) is 7.95. The first-order valence-corrected chi connectivity index (χ1v) is 11.1. The normalized spacial score (nSPS) is 15.2. The predicted molar refractivity (Wildman–Crippen MR) is 119 cm³/mol. The van der Waals surface area contributed by atoms with Crippen LogP contribution in [0.25, 0.3) is 11.5 Å². The summed E-state index contributed by atoms with van der Waals surface area (Å²) in [6.45, 7) is 4.96. The minimum Gasteiger partial charge on any atom is -0.497 e. The molecule has 158 valence electrons. The Morgan fingerprint density at radius 1 is 1.07 bits per heavy atom. The fraction of sp³-hybridized carbons (Fsp3) is 0.423. The van der Waals surface area contributed by atoms with E-state index >= 15 is 0 Å². The number of hydrogen-bond acceptors (Lipinski definition) is 4. The van der Waals surface area contributed by atoms with Crippen LogP contribution in [0.4, 0.5) is 0 Å². The maximum absolute atomic E-state index is 6.08. The molecule has 0 bridgehead atoms. The van der Waals surface area contributed by atoms with E-state index in [9.17, 15) is 0 Å². The van der Waals surface area contributed by atoms with Crippen molar-refractivity contribution in [1.82, 2.24) is 4.98 Å². The highest BCUT2D eigenvalue weighted by molar-refractivity contribution is 5.55. The standard InChI is InChI=1S/C26H31NO3/c1-4-6-18-7-8-20-17-22(13-14-23(18)20)29-16-15-24-25(5-2)30-26(27-24)19-9-11-21(28-3)12-10-19/h9-14,17-18H,4-8,15-16H2,1-3H3. The molecule has 1 aliphatic carbocycles. The van der Waals surface area contributed by atoms with Gasteiger partial charge in [-0.25, -0.2) is 4.98 Å². The molecule has 3 aromatic rings. The Bertz CT molecular complexity index is 974. The molecule has 0 aliphatic heterocycles. The number of fused-ring (bicyclic) bond motifs is 1. The SMILES string of the molecule is CCCC1CCc2cc(OCCc3nc(-c4ccc(OC)cc4)oc3CC)ccc21. The second kappa shape index (κ2) is 9.38. The fourth-order valence-electron chi connectivity index (χ4n) is 4.40. The van der Waals surface area contributed by atoms with Crippen LogP contribution in [-0.2, 0) is 19.3 Å². The number of aryl methyl sites for hydroxylation is 2. The van der Waals surface area contributed by atoms with Gasteiger partial charge in [-0.05, 0) is 72.7 Å². The lowest BCUT2D eigenvalue weighted by Crippen LogP contribution is -2.04.